The van der Waals surface area contributed by atoms with E-state index >= 15 is 0 Å². The van der Waals surface area contributed by atoms with E-state index in [1.54, 1.807) is 6.08 Å². The van der Waals surface area contributed by atoms with Crippen LogP contribution in [0.15, 0.2) is 35.5 Å². The summed E-state index contributed by atoms with van der Waals surface area (Å²) in [6.45, 7) is 5.60. The van der Waals surface area contributed by atoms with E-state index in [0.717, 1.165) is 32.1 Å². The molecule has 2 bridgehead atoms. The third kappa shape index (κ3) is 3.59. The van der Waals surface area contributed by atoms with Gasteiger partial charge in [-0.2, -0.15) is 0 Å². The average Bonchev–Trinajstić information content (AvgIpc) is 2.81. The number of aliphatic hydroxyl groups is 2. The number of ketones is 2. The van der Waals surface area contributed by atoms with Crippen molar-refractivity contribution >= 4 is 11.6 Å². The number of allylic oxidation sites excluding steroid dienone is 4. The zero-order valence-electron chi connectivity index (χ0n) is 17.9. The summed E-state index contributed by atoms with van der Waals surface area (Å²) in [5.41, 5.74) is 1.50. The third-order valence-electron chi connectivity index (χ3n) is 8.32. The first-order valence-corrected chi connectivity index (χ1v) is 11.2. The van der Waals surface area contributed by atoms with Gasteiger partial charge in [-0.1, -0.05) is 24.1 Å². The molecule has 0 heterocycles. The van der Waals surface area contributed by atoms with Crippen molar-refractivity contribution < 1.29 is 19.8 Å². The van der Waals surface area contributed by atoms with Gasteiger partial charge in [0.15, 0.2) is 11.6 Å². The Labute approximate surface area is 173 Å². The average molecular weight is 399 g/mol. The van der Waals surface area contributed by atoms with Crippen LogP contribution < -0.4 is 0 Å². The van der Waals surface area contributed by atoms with Gasteiger partial charge in [0.2, 0.25) is 0 Å². The highest BCUT2D eigenvalue weighted by atomic mass is 16.3. The Balaban J connectivity index is 1.68. The molecule has 158 valence electrons. The summed E-state index contributed by atoms with van der Waals surface area (Å²) in [4.78, 5) is 24.4. The van der Waals surface area contributed by atoms with Gasteiger partial charge in [-0.3, -0.25) is 9.59 Å². The van der Waals surface area contributed by atoms with Crippen LogP contribution >= 0.6 is 0 Å². The van der Waals surface area contributed by atoms with E-state index in [2.05, 4.69) is 13.0 Å². The van der Waals surface area contributed by atoms with Gasteiger partial charge in [0, 0.05) is 11.8 Å². The molecule has 0 aromatic carbocycles. The quantitative estimate of drug-likeness (QED) is 0.558. The van der Waals surface area contributed by atoms with Gasteiger partial charge in [-0.15, -0.1) is 0 Å². The number of hydrogen-bond donors (Lipinski definition) is 2. The standard InChI is InChI=1S/C25H34O4/c1-15(26)8-11-25(3,29)23-7-6-21-20-14-22(28)17-12-16(4-5-18(27)13-17)19(20)9-10-24(21,23)2/h4,8,11,14,17-19,21,23,27,29H,5-7,9-10,12-13H2,1-3H3. The molecule has 4 heteroatoms. The fraction of sp³-hybridized carbons (Fsp3) is 0.680. The van der Waals surface area contributed by atoms with E-state index in [4.69, 9.17) is 0 Å². The number of aliphatic hydroxyl groups excluding tert-OH is 1. The molecule has 4 aliphatic rings. The zero-order chi connectivity index (χ0) is 21.0. The molecule has 0 amide bonds. The van der Waals surface area contributed by atoms with Gasteiger partial charge in [0.25, 0.3) is 0 Å². The minimum atomic E-state index is -1.03. The van der Waals surface area contributed by atoms with Crippen LogP contribution in [0.1, 0.15) is 65.7 Å². The van der Waals surface area contributed by atoms with Gasteiger partial charge in [0.05, 0.1) is 11.7 Å². The Hall–Kier alpha value is -1.52. The molecule has 4 aliphatic carbocycles. The summed E-state index contributed by atoms with van der Waals surface area (Å²) < 4.78 is 0. The fourth-order valence-electron chi connectivity index (χ4n) is 6.91. The maximum atomic E-state index is 13.0. The maximum absolute atomic E-state index is 13.0. The lowest BCUT2D eigenvalue weighted by Gasteiger charge is -2.49. The first kappa shape index (κ1) is 20.7. The molecule has 4 rings (SSSR count). The lowest BCUT2D eigenvalue weighted by atomic mass is 9.57. The van der Waals surface area contributed by atoms with Crippen molar-refractivity contribution in [1.29, 1.82) is 0 Å². The highest BCUT2D eigenvalue weighted by Crippen LogP contribution is 2.63. The highest BCUT2D eigenvalue weighted by molar-refractivity contribution is 5.93. The largest absolute Gasteiger partial charge is 0.393 e. The van der Waals surface area contributed by atoms with Crippen LogP contribution in [0.25, 0.3) is 0 Å². The van der Waals surface area contributed by atoms with Gasteiger partial charge < -0.3 is 10.2 Å². The molecular weight excluding hydrogens is 364 g/mol. The molecule has 29 heavy (non-hydrogen) atoms. The second-order valence-corrected chi connectivity index (χ2v) is 10.3. The van der Waals surface area contributed by atoms with Crippen molar-refractivity contribution in [3.8, 4) is 0 Å². The van der Waals surface area contributed by atoms with Crippen LogP contribution in [0.5, 0.6) is 0 Å². The molecule has 7 unspecified atom stereocenters. The highest BCUT2D eigenvalue weighted by Gasteiger charge is 2.57. The molecular formula is C25H34O4. The normalized spacial score (nSPS) is 41.6. The molecule has 0 aromatic heterocycles. The first-order chi connectivity index (χ1) is 13.6. The van der Waals surface area contributed by atoms with Crippen molar-refractivity contribution in [2.24, 2.45) is 29.1 Å². The van der Waals surface area contributed by atoms with E-state index in [-0.39, 0.29) is 28.8 Å². The van der Waals surface area contributed by atoms with E-state index in [9.17, 15) is 19.8 Å². The van der Waals surface area contributed by atoms with Crippen molar-refractivity contribution in [1.82, 2.24) is 0 Å². The van der Waals surface area contributed by atoms with Crippen LogP contribution in [0.2, 0.25) is 0 Å². The summed E-state index contributed by atoms with van der Waals surface area (Å²) in [7, 11) is 0. The minimum Gasteiger partial charge on any atom is -0.393 e. The van der Waals surface area contributed by atoms with Gasteiger partial charge in [0.1, 0.15) is 0 Å². The Morgan fingerprint density at radius 1 is 1.31 bits per heavy atom. The Morgan fingerprint density at radius 2 is 2.07 bits per heavy atom. The van der Waals surface area contributed by atoms with Crippen LogP contribution in [0, 0.1) is 29.1 Å². The van der Waals surface area contributed by atoms with E-state index in [1.165, 1.54) is 24.1 Å². The fourth-order valence-corrected chi connectivity index (χ4v) is 6.91. The summed E-state index contributed by atoms with van der Waals surface area (Å²) in [5.74, 6) is 0.687. The molecule has 0 radical (unpaired) electrons. The second kappa shape index (κ2) is 7.31. The SMILES string of the molecule is CC(=O)C=CC(C)(O)C1CCC2C3=CC(=O)C4CC(=CCC(O)C4)C3CCC21C. The van der Waals surface area contributed by atoms with Crippen molar-refractivity contribution in [3.63, 3.8) is 0 Å². The summed E-state index contributed by atoms with van der Waals surface area (Å²) in [6.07, 6.45) is 12.7. The monoisotopic (exact) mass is 398 g/mol. The van der Waals surface area contributed by atoms with Crippen molar-refractivity contribution in [3.05, 3.63) is 35.5 Å². The third-order valence-corrected chi connectivity index (χ3v) is 8.32. The maximum Gasteiger partial charge on any atom is 0.159 e. The number of hydrogen-bond acceptors (Lipinski definition) is 4. The molecule has 4 nitrogen and oxygen atoms in total. The zero-order valence-corrected chi connectivity index (χ0v) is 17.9. The number of rotatable bonds is 3. The first-order valence-electron chi connectivity index (χ1n) is 11.2. The Morgan fingerprint density at radius 3 is 2.79 bits per heavy atom. The Kier molecular flexibility index (Phi) is 5.23. The number of carbonyl (C=O) groups is 2. The van der Waals surface area contributed by atoms with E-state index < -0.39 is 11.7 Å². The van der Waals surface area contributed by atoms with Gasteiger partial charge in [-0.25, -0.2) is 0 Å². The number of fused-ring (bicyclic) bond motifs is 6. The topological polar surface area (TPSA) is 74.6 Å². The molecule has 2 N–H and O–H groups in total. The van der Waals surface area contributed by atoms with Gasteiger partial charge in [-0.05, 0) is 94.3 Å². The van der Waals surface area contributed by atoms with E-state index in [0.29, 0.717) is 24.7 Å². The Bertz CT molecular complexity index is 802. The minimum absolute atomic E-state index is 0.0526. The second-order valence-electron chi connectivity index (χ2n) is 10.3. The molecule has 0 aromatic rings. The van der Waals surface area contributed by atoms with Crippen molar-refractivity contribution in [2.75, 3.05) is 0 Å². The summed E-state index contributed by atoms with van der Waals surface area (Å²) in [6, 6.07) is 0. The van der Waals surface area contributed by atoms with Crippen LogP contribution in [0.4, 0.5) is 0 Å². The molecule has 0 saturated heterocycles. The summed E-state index contributed by atoms with van der Waals surface area (Å²) >= 11 is 0. The molecule has 2 fully saturated rings. The smallest absolute Gasteiger partial charge is 0.159 e. The van der Waals surface area contributed by atoms with Gasteiger partial charge >= 0.3 is 0 Å². The molecule has 2 saturated carbocycles. The number of carbonyl (C=O) groups excluding carboxylic acids is 2. The van der Waals surface area contributed by atoms with Crippen LogP contribution in [0.3, 0.4) is 0 Å². The predicted octanol–water partition coefficient (Wildman–Crippen LogP) is 3.92. The predicted molar refractivity (Wildman–Crippen MR) is 112 cm³/mol. The van der Waals surface area contributed by atoms with Crippen LogP contribution in [-0.4, -0.2) is 33.5 Å². The lowest BCUT2D eigenvalue weighted by Crippen LogP contribution is -2.45. The van der Waals surface area contributed by atoms with Crippen molar-refractivity contribution in [2.45, 2.75) is 77.4 Å². The van der Waals surface area contributed by atoms with E-state index in [1.807, 2.05) is 13.0 Å². The molecule has 0 aliphatic heterocycles. The van der Waals surface area contributed by atoms with Crippen LogP contribution in [-0.2, 0) is 9.59 Å². The molecule has 7 atom stereocenters. The molecule has 0 spiro atoms. The summed E-state index contributed by atoms with van der Waals surface area (Å²) in [5, 5.41) is 21.4. The lowest BCUT2D eigenvalue weighted by molar-refractivity contribution is -0.119.